The zero-order valence-electron chi connectivity index (χ0n) is 14.8. The number of aryl methyl sites for hydroxylation is 2. The third kappa shape index (κ3) is 3.87. The Morgan fingerprint density at radius 2 is 1.88 bits per heavy atom. The normalized spacial score (nSPS) is 10.5. The minimum atomic E-state index is -0.105. The topological polar surface area (TPSA) is 57.0 Å². The van der Waals surface area contributed by atoms with Gasteiger partial charge in [0.15, 0.2) is 0 Å². The van der Waals surface area contributed by atoms with E-state index in [1.165, 1.54) is 16.7 Å². The Morgan fingerprint density at radius 1 is 1.12 bits per heavy atom. The number of aromatic nitrogens is 1. The Morgan fingerprint density at radius 3 is 2.62 bits per heavy atom. The van der Waals surface area contributed by atoms with Gasteiger partial charge in [-0.25, -0.2) is 4.98 Å². The minimum absolute atomic E-state index is 0.0344. The number of para-hydroxylation sites is 2. The van der Waals surface area contributed by atoms with Crippen molar-refractivity contribution in [3.63, 3.8) is 0 Å². The zero-order chi connectivity index (χ0) is 18.5. The van der Waals surface area contributed by atoms with Crippen LogP contribution in [0.1, 0.15) is 11.1 Å². The van der Waals surface area contributed by atoms with Crippen LogP contribution in [-0.4, -0.2) is 23.2 Å². The van der Waals surface area contributed by atoms with Gasteiger partial charge in [-0.1, -0.05) is 48.2 Å². The van der Waals surface area contributed by atoms with Crippen LogP contribution in [0.25, 0.3) is 10.9 Å². The van der Waals surface area contributed by atoms with Crippen molar-refractivity contribution >= 4 is 34.3 Å². The van der Waals surface area contributed by atoms with E-state index in [1.807, 2.05) is 55.5 Å². The van der Waals surface area contributed by atoms with E-state index in [4.69, 9.17) is 10.2 Å². The highest BCUT2D eigenvalue weighted by molar-refractivity contribution is 7.99. The summed E-state index contributed by atoms with van der Waals surface area (Å²) in [5.41, 5.74) is 3.97. The highest BCUT2D eigenvalue weighted by Crippen LogP contribution is 2.26. The summed E-state index contributed by atoms with van der Waals surface area (Å²) in [6, 6.07) is 19.5. The van der Waals surface area contributed by atoms with Crippen LogP contribution in [0, 0.1) is 25.2 Å². The molecular formula is C21H19N3OS. The lowest BCUT2D eigenvalue weighted by atomic mass is 10.1. The number of pyridine rings is 1. The fourth-order valence-corrected chi connectivity index (χ4v) is 3.66. The molecule has 0 radical (unpaired) electrons. The van der Waals surface area contributed by atoms with E-state index in [9.17, 15) is 4.79 Å². The summed E-state index contributed by atoms with van der Waals surface area (Å²) >= 11 is 1.40. The average molecular weight is 361 g/mol. The van der Waals surface area contributed by atoms with Crippen molar-refractivity contribution in [2.45, 2.75) is 18.9 Å². The lowest BCUT2D eigenvalue weighted by molar-refractivity contribution is -0.116. The Bertz CT molecular complexity index is 980. The lowest BCUT2D eigenvalue weighted by Crippen LogP contribution is -2.32. The van der Waals surface area contributed by atoms with Gasteiger partial charge < -0.3 is 0 Å². The summed E-state index contributed by atoms with van der Waals surface area (Å²) in [6.07, 6.45) is 0. The van der Waals surface area contributed by atoms with Crippen molar-refractivity contribution in [1.82, 2.24) is 4.98 Å². The maximum absolute atomic E-state index is 12.6. The summed E-state index contributed by atoms with van der Waals surface area (Å²) in [5, 5.41) is 11.0. The minimum Gasteiger partial charge on any atom is -0.298 e. The van der Waals surface area contributed by atoms with Crippen molar-refractivity contribution in [2.24, 2.45) is 0 Å². The van der Waals surface area contributed by atoms with Gasteiger partial charge in [0.1, 0.15) is 6.54 Å². The number of nitrogens with zero attached hydrogens (tertiary/aromatic N) is 3. The Hall–Kier alpha value is -2.84. The van der Waals surface area contributed by atoms with E-state index >= 15 is 0 Å². The molecular weight excluding hydrogens is 342 g/mol. The summed E-state index contributed by atoms with van der Waals surface area (Å²) in [7, 11) is 0. The van der Waals surface area contributed by atoms with Crippen LogP contribution in [0.3, 0.4) is 0 Å². The van der Waals surface area contributed by atoms with Crippen molar-refractivity contribution < 1.29 is 4.79 Å². The van der Waals surface area contributed by atoms with Gasteiger partial charge in [-0.15, -0.1) is 0 Å². The molecule has 2 aromatic carbocycles. The number of anilines is 1. The second-order valence-electron chi connectivity index (χ2n) is 6.01. The Balaban J connectivity index is 1.79. The molecule has 0 fully saturated rings. The molecule has 0 unspecified atom stereocenters. The first-order valence-corrected chi connectivity index (χ1v) is 9.31. The largest absolute Gasteiger partial charge is 0.298 e. The number of carbonyl (C=O) groups excluding carboxylic acids is 1. The highest BCUT2D eigenvalue weighted by atomic mass is 32.2. The maximum Gasteiger partial charge on any atom is 0.238 e. The standard InChI is InChI=1S/C21H19N3OS/c1-15-7-6-10-18-16(2)13-19(23-21(15)18)26-14-20(25)24(12-11-22)17-8-4-3-5-9-17/h3-10,13H,12,14H2,1-2H3. The molecule has 0 spiro atoms. The number of hydrogen-bond acceptors (Lipinski definition) is 4. The quantitative estimate of drug-likeness (QED) is 0.496. The molecule has 0 N–H and O–H groups in total. The van der Waals surface area contributed by atoms with E-state index in [-0.39, 0.29) is 18.2 Å². The van der Waals surface area contributed by atoms with Crippen LogP contribution in [0.2, 0.25) is 0 Å². The average Bonchev–Trinajstić information content (AvgIpc) is 2.66. The van der Waals surface area contributed by atoms with Gasteiger partial charge in [0.2, 0.25) is 5.91 Å². The SMILES string of the molecule is Cc1cc(SCC(=O)N(CC#N)c2ccccc2)nc2c(C)cccc12. The molecule has 3 aromatic rings. The number of rotatable bonds is 5. The number of thioether (sulfide) groups is 1. The van der Waals surface area contributed by atoms with Gasteiger partial charge in [-0.05, 0) is 43.2 Å². The summed E-state index contributed by atoms with van der Waals surface area (Å²) < 4.78 is 0. The monoisotopic (exact) mass is 361 g/mol. The molecule has 0 bridgehead atoms. The molecule has 1 heterocycles. The van der Waals surface area contributed by atoms with Crippen LogP contribution >= 0.6 is 11.8 Å². The number of nitriles is 1. The predicted octanol–water partition coefficient (Wildman–Crippen LogP) is 4.50. The van der Waals surface area contributed by atoms with Crippen molar-refractivity contribution in [1.29, 1.82) is 5.26 Å². The van der Waals surface area contributed by atoms with Crippen LogP contribution in [-0.2, 0) is 4.79 Å². The maximum atomic E-state index is 12.6. The number of fused-ring (bicyclic) bond motifs is 1. The fourth-order valence-electron chi connectivity index (χ4n) is 2.82. The van der Waals surface area contributed by atoms with E-state index in [0.717, 1.165) is 32.7 Å². The van der Waals surface area contributed by atoms with Crippen LogP contribution in [0.4, 0.5) is 5.69 Å². The summed E-state index contributed by atoms with van der Waals surface area (Å²) in [6.45, 7) is 4.13. The third-order valence-corrected chi connectivity index (χ3v) is 5.06. The van der Waals surface area contributed by atoms with Crippen LogP contribution < -0.4 is 4.90 Å². The molecule has 1 amide bonds. The Kier molecular flexibility index (Phi) is 5.55. The molecule has 0 saturated carbocycles. The highest BCUT2D eigenvalue weighted by Gasteiger charge is 2.16. The second-order valence-corrected chi connectivity index (χ2v) is 7.01. The second kappa shape index (κ2) is 8.03. The number of hydrogen-bond donors (Lipinski definition) is 0. The van der Waals surface area contributed by atoms with Crippen LogP contribution in [0.5, 0.6) is 0 Å². The molecule has 0 atom stereocenters. The summed E-state index contributed by atoms with van der Waals surface area (Å²) in [5.74, 6) is 0.132. The smallest absolute Gasteiger partial charge is 0.238 e. The van der Waals surface area contributed by atoms with Gasteiger partial charge in [0.25, 0.3) is 0 Å². The zero-order valence-corrected chi connectivity index (χ0v) is 15.6. The molecule has 4 nitrogen and oxygen atoms in total. The number of benzene rings is 2. The first-order chi connectivity index (χ1) is 12.6. The molecule has 130 valence electrons. The lowest BCUT2D eigenvalue weighted by Gasteiger charge is -2.19. The van der Waals surface area contributed by atoms with Crippen molar-refractivity contribution in [2.75, 3.05) is 17.2 Å². The van der Waals surface area contributed by atoms with Crippen molar-refractivity contribution in [3.8, 4) is 6.07 Å². The van der Waals surface area contributed by atoms with Gasteiger partial charge in [0.05, 0.1) is 22.4 Å². The first-order valence-electron chi connectivity index (χ1n) is 8.32. The van der Waals surface area contributed by atoms with E-state index in [1.54, 1.807) is 0 Å². The van der Waals surface area contributed by atoms with E-state index < -0.39 is 0 Å². The Labute approximate surface area is 157 Å². The van der Waals surface area contributed by atoms with Gasteiger partial charge in [-0.2, -0.15) is 5.26 Å². The number of carbonyl (C=O) groups is 1. The fraction of sp³-hybridized carbons (Fsp3) is 0.190. The van der Waals surface area contributed by atoms with E-state index in [2.05, 4.69) is 19.1 Å². The van der Waals surface area contributed by atoms with Crippen LogP contribution in [0.15, 0.2) is 59.6 Å². The van der Waals surface area contributed by atoms with Gasteiger partial charge >= 0.3 is 0 Å². The number of amides is 1. The molecule has 0 aliphatic heterocycles. The van der Waals surface area contributed by atoms with Gasteiger partial charge in [-0.3, -0.25) is 9.69 Å². The summed E-state index contributed by atoms with van der Waals surface area (Å²) in [4.78, 5) is 18.9. The van der Waals surface area contributed by atoms with Gasteiger partial charge in [0, 0.05) is 11.1 Å². The molecule has 5 heteroatoms. The molecule has 26 heavy (non-hydrogen) atoms. The molecule has 0 aliphatic carbocycles. The van der Waals surface area contributed by atoms with Crippen molar-refractivity contribution in [3.05, 3.63) is 65.7 Å². The first kappa shape index (κ1) is 18.0. The predicted molar refractivity (Wildman–Crippen MR) is 106 cm³/mol. The molecule has 3 rings (SSSR count). The molecule has 0 saturated heterocycles. The molecule has 0 aliphatic rings. The third-order valence-electron chi connectivity index (χ3n) is 4.17. The van der Waals surface area contributed by atoms with E-state index in [0.29, 0.717) is 0 Å². The molecule has 1 aromatic heterocycles.